The van der Waals surface area contributed by atoms with Crippen molar-refractivity contribution < 1.29 is 27.4 Å². The second-order valence-corrected chi connectivity index (χ2v) is 6.06. The van der Waals surface area contributed by atoms with Gasteiger partial charge in [-0.15, -0.1) is 0 Å². The molecule has 0 unspecified atom stereocenters. The summed E-state index contributed by atoms with van der Waals surface area (Å²) in [5, 5.41) is 0. The molecule has 2 heterocycles. The van der Waals surface area contributed by atoms with Crippen LogP contribution in [0.1, 0.15) is 24.2 Å². The molecule has 27 heavy (non-hydrogen) atoms. The number of alkyl halides is 3. The maximum Gasteiger partial charge on any atom is 0.451 e. The third-order valence-electron chi connectivity index (χ3n) is 4.08. The number of carbonyl (C=O) groups excluding carboxylic acids is 1. The second kappa shape index (κ2) is 8.24. The summed E-state index contributed by atoms with van der Waals surface area (Å²) in [4.78, 5) is 20.3. The topological polar surface area (TPSA) is 64.5 Å². The van der Waals surface area contributed by atoms with Crippen molar-refractivity contribution in [3.8, 4) is 5.88 Å². The maximum atomic E-state index is 12.6. The van der Waals surface area contributed by atoms with E-state index >= 15 is 0 Å². The van der Waals surface area contributed by atoms with Gasteiger partial charge in [0.2, 0.25) is 11.7 Å². The van der Waals surface area contributed by atoms with Crippen LogP contribution in [0.2, 0.25) is 0 Å². The van der Waals surface area contributed by atoms with E-state index < -0.39 is 18.1 Å². The average Bonchev–Trinajstić information content (AvgIpc) is 2.67. The number of nitrogens with zero attached hydrogens (tertiary/aromatic N) is 3. The highest BCUT2D eigenvalue weighted by molar-refractivity contribution is 5.67. The van der Waals surface area contributed by atoms with E-state index in [4.69, 9.17) is 9.47 Å². The molecule has 1 saturated heterocycles. The summed E-state index contributed by atoms with van der Waals surface area (Å²) in [7, 11) is 0. The third-order valence-corrected chi connectivity index (χ3v) is 4.08. The number of carbonyl (C=O) groups is 1. The van der Waals surface area contributed by atoms with Gasteiger partial charge in [0.25, 0.3) is 0 Å². The molecule has 1 fully saturated rings. The molecule has 0 bridgehead atoms. The Labute approximate surface area is 153 Å². The zero-order chi connectivity index (χ0) is 19.3. The van der Waals surface area contributed by atoms with Crippen LogP contribution in [0.3, 0.4) is 0 Å². The summed E-state index contributed by atoms with van der Waals surface area (Å²) in [6, 6.07) is 10.6. The highest BCUT2D eigenvalue weighted by atomic mass is 19.4. The van der Waals surface area contributed by atoms with Gasteiger partial charge in [-0.2, -0.15) is 18.2 Å². The largest absolute Gasteiger partial charge is 0.474 e. The monoisotopic (exact) mass is 381 g/mol. The molecule has 0 spiro atoms. The Hall–Kier alpha value is -2.84. The van der Waals surface area contributed by atoms with Gasteiger partial charge < -0.3 is 14.4 Å². The van der Waals surface area contributed by atoms with Crippen LogP contribution < -0.4 is 4.74 Å². The normalized spacial score (nSPS) is 15.4. The van der Waals surface area contributed by atoms with Crippen LogP contribution in [-0.4, -0.2) is 40.2 Å². The first-order valence-electron chi connectivity index (χ1n) is 8.44. The Morgan fingerprint density at radius 1 is 1.15 bits per heavy atom. The van der Waals surface area contributed by atoms with Crippen molar-refractivity contribution in [1.29, 1.82) is 0 Å². The molecule has 1 aliphatic rings. The molecule has 2 aromatic rings. The molecule has 1 aromatic carbocycles. The molecule has 0 atom stereocenters. The van der Waals surface area contributed by atoms with Crippen LogP contribution in [0.15, 0.2) is 42.6 Å². The number of likely N-dealkylation sites (tertiary alicyclic amines) is 1. The minimum Gasteiger partial charge on any atom is -0.474 e. The van der Waals surface area contributed by atoms with E-state index in [0.717, 1.165) is 11.8 Å². The summed E-state index contributed by atoms with van der Waals surface area (Å²) >= 11 is 0. The number of ether oxygens (including phenoxy) is 2. The molecule has 0 saturated carbocycles. The quantitative estimate of drug-likeness (QED) is 0.809. The van der Waals surface area contributed by atoms with Gasteiger partial charge in [-0.05, 0) is 5.56 Å². The predicted molar refractivity (Wildman–Crippen MR) is 88.9 cm³/mol. The molecule has 144 valence electrons. The molecule has 0 N–H and O–H groups in total. The number of benzene rings is 1. The lowest BCUT2D eigenvalue weighted by molar-refractivity contribution is -0.145. The molecular formula is C18H18F3N3O3. The van der Waals surface area contributed by atoms with Gasteiger partial charge in [-0.1, -0.05) is 30.3 Å². The van der Waals surface area contributed by atoms with E-state index in [1.807, 2.05) is 30.3 Å². The van der Waals surface area contributed by atoms with E-state index in [1.165, 1.54) is 6.07 Å². The Balaban J connectivity index is 1.47. The third kappa shape index (κ3) is 5.32. The fourth-order valence-electron chi connectivity index (χ4n) is 2.68. The van der Waals surface area contributed by atoms with Crippen LogP contribution in [0.5, 0.6) is 5.88 Å². The van der Waals surface area contributed by atoms with Gasteiger partial charge in [0.1, 0.15) is 12.7 Å². The van der Waals surface area contributed by atoms with Crippen molar-refractivity contribution in [2.45, 2.75) is 31.7 Å². The van der Waals surface area contributed by atoms with E-state index in [1.54, 1.807) is 4.90 Å². The van der Waals surface area contributed by atoms with E-state index in [2.05, 4.69) is 9.97 Å². The van der Waals surface area contributed by atoms with Crippen LogP contribution in [-0.2, 0) is 17.5 Å². The summed E-state index contributed by atoms with van der Waals surface area (Å²) in [5.74, 6) is -1.36. The number of hydrogen-bond donors (Lipinski definition) is 0. The standard InChI is InChI=1S/C18H18F3N3O3/c19-18(20,21)16-22-9-6-15(23-16)27-14-7-10-24(11-8-14)17(25)26-12-13-4-2-1-3-5-13/h1-6,9,14H,7-8,10-12H2. The van der Waals surface area contributed by atoms with E-state index in [9.17, 15) is 18.0 Å². The molecule has 1 aliphatic heterocycles. The summed E-state index contributed by atoms with van der Waals surface area (Å²) in [6.07, 6.45) is -3.39. The fraction of sp³-hybridized carbons (Fsp3) is 0.389. The number of hydrogen-bond acceptors (Lipinski definition) is 5. The molecule has 0 radical (unpaired) electrons. The van der Waals surface area contributed by atoms with E-state index in [-0.39, 0.29) is 18.6 Å². The Bertz CT molecular complexity index is 763. The fourth-order valence-corrected chi connectivity index (χ4v) is 2.68. The van der Waals surface area contributed by atoms with Crippen molar-refractivity contribution in [3.05, 3.63) is 54.0 Å². The highest BCUT2D eigenvalue weighted by Crippen LogP contribution is 2.27. The molecular weight excluding hydrogens is 363 g/mol. The number of piperidine rings is 1. The molecule has 1 amide bonds. The first-order chi connectivity index (χ1) is 12.9. The highest BCUT2D eigenvalue weighted by Gasteiger charge is 2.35. The van der Waals surface area contributed by atoms with Crippen LogP contribution >= 0.6 is 0 Å². The predicted octanol–water partition coefficient (Wildman–Crippen LogP) is 3.68. The van der Waals surface area contributed by atoms with E-state index in [0.29, 0.717) is 25.9 Å². The lowest BCUT2D eigenvalue weighted by atomic mass is 10.1. The lowest BCUT2D eigenvalue weighted by Gasteiger charge is -2.31. The van der Waals surface area contributed by atoms with Crippen LogP contribution in [0.25, 0.3) is 0 Å². The van der Waals surface area contributed by atoms with Gasteiger partial charge >= 0.3 is 12.3 Å². The van der Waals surface area contributed by atoms with Crippen molar-refractivity contribution in [2.75, 3.05) is 13.1 Å². The number of halogens is 3. The average molecular weight is 381 g/mol. The van der Waals surface area contributed by atoms with Crippen LogP contribution in [0.4, 0.5) is 18.0 Å². The Morgan fingerprint density at radius 3 is 2.52 bits per heavy atom. The summed E-state index contributed by atoms with van der Waals surface area (Å²) in [5.41, 5.74) is 0.897. The number of amides is 1. The van der Waals surface area contributed by atoms with Gasteiger partial charge in [-0.3, -0.25) is 0 Å². The maximum absolute atomic E-state index is 12.6. The van der Waals surface area contributed by atoms with Gasteiger partial charge in [-0.25, -0.2) is 9.78 Å². The zero-order valence-electron chi connectivity index (χ0n) is 14.4. The van der Waals surface area contributed by atoms with Gasteiger partial charge in [0.15, 0.2) is 0 Å². The molecule has 0 aliphatic carbocycles. The SMILES string of the molecule is O=C(OCc1ccccc1)N1CCC(Oc2ccnc(C(F)(F)F)n2)CC1. The zero-order valence-corrected chi connectivity index (χ0v) is 14.4. The Kier molecular flexibility index (Phi) is 5.78. The van der Waals surface area contributed by atoms with Gasteiger partial charge in [0.05, 0.1) is 0 Å². The first-order valence-corrected chi connectivity index (χ1v) is 8.44. The van der Waals surface area contributed by atoms with Crippen LogP contribution in [0, 0.1) is 0 Å². The van der Waals surface area contributed by atoms with Crippen molar-refractivity contribution in [3.63, 3.8) is 0 Å². The summed E-state index contributed by atoms with van der Waals surface area (Å²) in [6.45, 7) is 0.988. The van der Waals surface area contributed by atoms with Crippen molar-refractivity contribution in [1.82, 2.24) is 14.9 Å². The van der Waals surface area contributed by atoms with Crippen molar-refractivity contribution >= 4 is 6.09 Å². The molecule has 9 heteroatoms. The Morgan fingerprint density at radius 2 is 1.85 bits per heavy atom. The van der Waals surface area contributed by atoms with Gasteiger partial charge in [0, 0.05) is 38.2 Å². The lowest BCUT2D eigenvalue weighted by Crippen LogP contribution is -2.42. The first kappa shape index (κ1) is 18.9. The number of aromatic nitrogens is 2. The number of rotatable bonds is 4. The second-order valence-electron chi connectivity index (χ2n) is 6.06. The smallest absolute Gasteiger partial charge is 0.451 e. The minimum absolute atomic E-state index is 0.123. The molecule has 6 nitrogen and oxygen atoms in total. The minimum atomic E-state index is -4.62. The van der Waals surface area contributed by atoms with Crippen molar-refractivity contribution in [2.24, 2.45) is 0 Å². The summed E-state index contributed by atoms with van der Waals surface area (Å²) < 4.78 is 48.7. The molecule has 1 aromatic heterocycles. The molecule has 3 rings (SSSR count).